The van der Waals surface area contributed by atoms with Gasteiger partial charge in [0.05, 0.1) is 5.41 Å². The second kappa shape index (κ2) is 3.70. The van der Waals surface area contributed by atoms with Gasteiger partial charge in [-0.15, -0.1) is 0 Å². The molecule has 1 rings (SSSR count). The molecule has 76 valence electrons. The maximum absolute atomic E-state index is 11.1. The normalized spacial score (nSPS) is 14.7. The lowest BCUT2D eigenvalue weighted by atomic mass is 9.80. The number of carboxylic acid groups (broad SMARTS) is 1. The van der Waals surface area contributed by atoms with Gasteiger partial charge in [-0.1, -0.05) is 19.1 Å². The molecule has 0 heterocycles. The number of aromatic hydroxyl groups is 1. The van der Waals surface area contributed by atoms with Crippen LogP contribution in [0, 0.1) is 0 Å². The van der Waals surface area contributed by atoms with Crippen LogP contribution >= 0.6 is 0 Å². The van der Waals surface area contributed by atoms with Gasteiger partial charge in [-0.2, -0.15) is 0 Å². The monoisotopic (exact) mass is 194 g/mol. The lowest BCUT2D eigenvalue weighted by Gasteiger charge is -2.23. The van der Waals surface area contributed by atoms with E-state index in [1.807, 2.05) is 6.92 Å². The first kappa shape index (κ1) is 10.6. The van der Waals surface area contributed by atoms with E-state index in [9.17, 15) is 9.90 Å². The summed E-state index contributed by atoms with van der Waals surface area (Å²) in [5, 5.41) is 18.4. The van der Waals surface area contributed by atoms with Gasteiger partial charge in [0.15, 0.2) is 0 Å². The molecule has 0 spiro atoms. The van der Waals surface area contributed by atoms with Crippen molar-refractivity contribution in [2.75, 3.05) is 0 Å². The average Bonchev–Trinajstić information content (AvgIpc) is 2.16. The molecule has 0 saturated heterocycles. The van der Waals surface area contributed by atoms with E-state index in [0.717, 1.165) is 0 Å². The van der Waals surface area contributed by atoms with E-state index in [4.69, 9.17) is 5.11 Å². The summed E-state index contributed by atoms with van der Waals surface area (Å²) < 4.78 is 0. The maximum atomic E-state index is 11.1. The molecule has 0 aliphatic rings. The number of carbonyl (C=O) groups is 1. The van der Waals surface area contributed by atoms with Gasteiger partial charge in [0.25, 0.3) is 0 Å². The van der Waals surface area contributed by atoms with Gasteiger partial charge < -0.3 is 10.2 Å². The van der Waals surface area contributed by atoms with Crippen LogP contribution in [0.3, 0.4) is 0 Å². The molecule has 0 fully saturated rings. The van der Waals surface area contributed by atoms with Crippen molar-refractivity contribution in [3.63, 3.8) is 0 Å². The van der Waals surface area contributed by atoms with E-state index >= 15 is 0 Å². The molecule has 0 radical (unpaired) electrons. The summed E-state index contributed by atoms with van der Waals surface area (Å²) in [6.45, 7) is 3.47. The molecule has 1 atom stereocenters. The fraction of sp³-hybridized carbons (Fsp3) is 0.364. The van der Waals surface area contributed by atoms with Crippen molar-refractivity contribution in [3.8, 4) is 5.75 Å². The zero-order chi connectivity index (χ0) is 10.8. The van der Waals surface area contributed by atoms with Gasteiger partial charge in [-0.05, 0) is 31.0 Å². The van der Waals surface area contributed by atoms with E-state index < -0.39 is 11.4 Å². The van der Waals surface area contributed by atoms with Crippen LogP contribution in [-0.2, 0) is 10.2 Å². The number of phenols is 1. The third kappa shape index (κ3) is 1.71. The molecular weight excluding hydrogens is 180 g/mol. The Labute approximate surface area is 83.0 Å². The van der Waals surface area contributed by atoms with E-state index in [-0.39, 0.29) is 5.75 Å². The van der Waals surface area contributed by atoms with Gasteiger partial charge in [0, 0.05) is 0 Å². The molecule has 1 aromatic rings. The van der Waals surface area contributed by atoms with Crippen molar-refractivity contribution >= 4 is 5.97 Å². The quantitative estimate of drug-likeness (QED) is 0.775. The summed E-state index contributed by atoms with van der Waals surface area (Å²) in [7, 11) is 0. The van der Waals surface area contributed by atoms with Gasteiger partial charge in [-0.25, -0.2) is 0 Å². The Morgan fingerprint density at radius 3 is 2.57 bits per heavy atom. The van der Waals surface area contributed by atoms with Crippen molar-refractivity contribution in [2.24, 2.45) is 0 Å². The fourth-order valence-electron chi connectivity index (χ4n) is 1.33. The zero-order valence-corrected chi connectivity index (χ0v) is 8.32. The van der Waals surface area contributed by atoms with Gasteiger partial charge in [-0.3, -0.25) is 4.79 Å². The second-order valence-electron chi connectivity index (χ2n) is 3.54. The summed E-state index contributed by atoms with van der Waals surface area (Å²) in [5.74, 6) is -0.769. The summed E-state index contributed by atoms with van der Waals surface area (Å²) in [6.07, 6.45) is 0.492. The Balaban J connectivity index is 3.19. The molecule has 0 aliphatic heterocycles. The molecule has 0 unspecified atom stereocenters. The number of hydrogen-bond donors (Lipinski definition) is 2. The summed E-state index contributed by atoms with van der Waals surface area (Å²) >= 11 is 0. The molecule has 0 bridgehead atoms. The first-order valence-corrected chi connectivity index (χ1v) is 4.53. The predicted molar refractivity (Wildman–Crippen MR) is 53.4 cm³/mol. The molecule has 2 N–H and O–H groups in total. The third-order valence-electron chi connectivity index (χ3n) is 2.66. The Kier molecular flexibility index (Phi) is 2.79. The lowest BCUT2D eigenvalue weighted by Crippen LogP contribution is -2.31. The van der Waals surface area contributed by atoms with Crippen molar-refractivity contribution in [2.45, 2.75) is 25.7 Å². The number of hydrogen-bond acceptors (Lipinski definition) is 2. The largest absolute Gasteiger partial charge is 0.508 e. The van der Waals surface area contributed by atoms with Crippen LogP contribution in [0.25, 0.3) is 0 Å². The van der Waals surface area contributed by atoms with Crippen LogP contribution in [0.4, 0.5) is 0 Å². The number of benzene rings is 1. The van der Waals surface area contributed by atoms with E-state index in [2.05, 4.69) is 0 Å². The highest BCUT2D eigenvalue weighted by Gasteiger charge is 2.33. The summed E-state index contributed by atoms with van der Waals surface area (Å²) in [5.41, 5.74) is -0.286. The van der Waals surface area contributed by atoms with Crippen molar-refractivity contribution in [1.82, 2.24) is 0 Å². The molecule has 3 nitrogen and oxygen atoms in total. The maximum Gasteiger partial charge on any atom is 0.313 e. The topological polar surface area (TPSA) is 57.5 Å². The number of carboxylic acids is 1. The highest BCUT2D eigenvalue weighted by atomic mass is 16.4. The molecule has 0 aromatic heterocycles. The average molecular weight is 194 g/mol. The summed E-state index contributed by atoms with van der Waals surface area (Å²) in [6, 6.07) is 6.40. The van der Waals surface area contributed by atoms with E-state index in [0.29, 0.717) is 12.0 Å². The molecule has 0 aliphatic carbocycles. The number of phenolic OH excluding ortho intramolecular Hbond substituents is 1. The standard InChI is InChI=1S/C11H14O3/c1-3-11(2,10(13)14)8-5-4-6-9(12)7-8/h4-7,12H,3H2,1-2H3,(H,13,14)/t11-/m0/s1. The smallest absolute Gasteiger partial charge is 0.313 e. The van der Waals surface area contributed by atoms with Crippen LogP contribution in [0.5, 0.6) is 5.75 Å². The molecule has 3 heteroatoms. The second-order valence-corrected chi connectivity index (χ2v) is 3.54. The van der Waals surface area contributed by atoms with Crippen molar-refractivity contribution < 1.29 is 15.0 Å². The first-order valence-electron chi connectivity index (χ1n) is 4.53. The van der Waals surface area contributed by atoms with Crippen LogP contribution in [0.15, 0.2) is 24.3 Å². The van der Waals surface area contributed by atoms with Crippen LogP contribution in [-0.4, -0.2) is 16.2 Å². The van der Waals surface area contributed by atoms with Gasteiger partial charge >= 0.3 is 5.97 Å². The fourth-order valence-corrected chi connectivity index (χ4v) is 1.33. The highest BCUT2D eigenvalue weighted by Crippen LogP contribution is 2.29. The lowest BCUT2D eigenvalue weighted by molar-refractivity contribution is -0.143. The highest BCUT2D eigenvalue weighted by molar-refractivity contribution is 5.80. The van der Waals surface area contributed by atoms with Crippen LogP contribution in [0.2, 0.25) is 0 Å². The minimum absolute atomic E-state index is 0.100. The Morgan fingerprint density at radius 2 is 2.14 bits per heavy atom. The minimum atomic E-state index is -0.918. The molecule has 14 heavy (non-hydrogen) atoms. The van der Waals surface area contributed by atoms with Gasteiger partial charge in [0.2, 0.25) is 0 Å². The number of aliphatic carboxylic acids is 1. The zero-order valence-electron chi connectivity index (χ0n) is 8.32. The minimum Gasteiger partial charge on any atom is -0.508 e. The molecular formula is C11H14O3. The third-order valence-corrected chi connectivity index (χ3v) is 2.66. The van der Waals surface area contributed by atoms with Gasteiger partial charge in [0.1, 0.15) is 5.75 Å². The predicted octanol–water partition coefficient (Wildman–Crippen LogP) is 2.14. The number of rotatable bonds is 3. The Bertz CT molecular complexity index is 346. The first-order chi connectivity index (χ1) is 6.50. The Hall–Kier alpha value is -1.51. The van der Waals surface area contributed by atoms with Crippen molar-refractivity contribution in [1.29, 1.82) is 0 Å². The van der Waals surface area contributed by atoms with E-state index in [1.165, 1.54) is 12.1 Å². The van der Waals surface area contributed by atoms with Crippen molar-refractivity contribution in [3.05, 3.63) is 29.8 Å². The Morgan fingerprint density at radius 1 is 1.50 bits per heavy atom. The SMILES string of the molecule is CC[C@](C)(C(=O)O)c1cccc(O)c1. The molecule has 1 aromatic carbocycles. The molecule has 0 saturated carbocycles. The summed E-state index contributed by atoms with van der Waals surface area (Å²) in [4.78, 5) is 11.1. The van der Waals surface area contributed by atoms with E-state index in [1.54, 1.807) is 19.1 Å². The van der Waals surface area contributed by atoms with Crippen LogP contribution in [0.1, 0.15) is 25.8 Å². The van der Waals surface area contributed by atoms with Crippen LogP contribution < -0.4 is 0 Å². The molecule has 0 amide bonds.